The van der Waals surface area contributed by atoms with Crippen LogP contribution in [0.25, 0.3) is 33.0 Å². The number of nitrogens with one attached hydrogen (secondary N) is 2. The molecule has 0 atom stereocenters. The number of nitrogens with zero attached hydrogens (tertiary/aromatic N) is 1. The molecule has 8 heteroatoms. The number of aromatic nitrogens is 2. The van der Waals surface area contributed by atoms with Gasteiger partial charge in [0.2, 0.25) is 0 Å². The Balaban J connectivity index is 1.81. The molecule has 0 saturated carbocycles. The Morgan fingerprint density at radius 3 is 2.32 bits per heavy atom. The summed E-state index contributed by atoms with van der Waals surface area (Å²) >= 11 is 7.00. The molecule has 0 saturated heterocycles. The number of hydrogen-bond acceptors (Lipinski definition) is 3. The summed E-state index contributed by atoms with van der Waals surface area (Å²) in [5.41, 5.74) is 3.91. The third-order valence-electron chi connectivity index (χ3n) is 5.51. The molecule has 3 heterocycles. The quantitative estimate of drug-likeness (QED) is 0.322. The number of carbonyl (C=O) groups excluding carboxylic acids is 2. The summed E-state index contributed by atoms with van der Waals surface area (Å²) in [4.78, 5) is 29.1. The van der Waals surface area contributed by atoms with Crippen molar-refractivity contribution in [1.29, 1.82) is 0 Å². The van der Waals surface area contributed by atoms with Crippen LogP contribution in [0.15, 0.2) is 57.7 Å². The lowest BCUT2D eigenvalue weighted by Gasteiger charge is -2.03. The number of aliphatic hydroxyl groups is 1. The summed E-state index contributed by atoms with van der Waals surface area (Å²) in [6.45, 7) is 0.676. The molecule has 0 unspecified atom stereocenters. The van der Waals surface area contributed by atoms with E-state index >= 15 is 0 Å². The molecule has 4 aromatic rings. The van der Waals surface area contributed by atoms with Crippen LogP contribution in [0.3, 0.4) is 0 Å². The molecule has 0 bridgehead atoms. The van der Waals surface area contributed by atoms with Gasteiger partial charge in [0.1, 0.15) is 0 Å². The highest BCUT2D eigenvalue weighted by Gasteiger charge is 2.35. The van der Waals surface area contributed by atoms with Crippen LogP contribution < -0.4 is 5.32 Å². The second kappa shape index (κ2) is 7.78. The minimum atomic E-state index is -0.412. The second-order valence-electron chi connectivity index (χ2n) is 7.40. The first-order valence-corrected chi connectivity index (χ1v) is 11.3. The smallest absolute Gasteiger partial charge is 0.259 e. The van der Waals surface area contributed by atoms with Gasteiger partial charge in [-0.25, -0.2) is 0 Å². The fourth-order valence-corrected chi connectivity index (χ4v) is 4.89. The maximum atomic E-state index is 13.0. The van der Waals surface area contributed by atoms with E-state index in [0.717, 1.165) is 30.8 Å². The zero-order valence-electron chi connectivity index (χ0n) is 16.2. The van der Waals surface area contributed by atoms with E-state index in [1.54, 1.807) is 6.20 Å². The van der Waals surface area contributed by atoms with Crippen molar-refractivity contribution >= 4 is 76.6 Å². The average Bonchev–Trinajstić information content (AvgIpc) is 3.38. The van der Waals surface area contributed by atoms with Gasteiger partial charge in [-0.15, -0.1) is 0 Å². The molecule has 31 heavy (non-hydrogen) atoms. The van der Waals surface area contributed by atoms with E-state index in [-0.39, 0.29) is 6.61 Å². The van der Waals surface area contributed by atoms with Crippen LogP contribution >= 0.6 is 31.9 Å². The number of aromatic amines is 1. The SMILES string of the molecule is O=C1NC(=O)C(c2cn(CCCO)c3ccc(Br)cc23)=C1c1c[nH]c2ccc(Br)cc12. The van der Waals surface area contributed by atoms with Gasteiger partial charge >= 0.3 is 0 Å². The fourth-order valence-electron chi connectivity index (χ4n) is 4.16. The summed E-state index contributed by atoms with van der Waals surface area (Å²) in [6.07, 6.45) is 4.25. The van der Waals surface area contributed by atoms with Crippen molar-refractivity contribution < 1.29 is 14.7 Å². The molecule has 3 N–H and O–H groups in total. The fraction of sp³-hybridized carbons (Fsp3) is 0.130. The molecule has 0 aliphatic carbocycles. The van der Waals surface area contributed by atoms with E-state index < -0.39 is 11.8 Å². The van der Waals surface area contributed by atoms with E-state index in [9.17, 15) is 14.7 Å². The number of amides is 2. The first-order valence-electron chi connectivity index (χ1n) is 9.74. The van der Waals surface area contributed by atoms with Crippen molar-refractivity contribution in [2.45, 2.75) is 13.0 Å². The van der Waals surface area contributed by atoms with Gasteiger partial charge in [-0.05, 0) is 42.8 Å². The minimum absolute atomic E-state index is 0.0721. The zero-order chi connectivity index (χ0) is 21.7. The van der Waals surface area contributed by atoms with Gasteiger partial charge in [0.15, 0.2) is 0 Å². The van der Waals surface area contributed by atoms with Crippen molar-refractivity contribution in [3.63, 3.8) is 0 Å². The maximum absolute atomic E-state index is 13.0. The Bertz CT molecular complexity index is 1410. The minimum Gasteiger partial charge on any atom is -0.396 e. The Labute approximate surface area is 194 Å². The first kappa shape index (κ1) is 20.2. The number of benzene rings is 2. The van der Waals surface area contributed by atoms with Crippen molar-refractivity contribution in [3.05, 3.63) is 68.9 Å². The topological polar surface area (TPSA) is 87.1 Å². The van der Waals surface area contributed by atoms with Gasteiger partial charge in [0.05, 0.1) is 11.1 Å². The molecule has 1 aliphatic heterocycles. The van der Waals surface area contributed by atoms with E-state index in [2.05, 4.69) is 42.2 Å². The predicted octanol–water partition coefficient (Wildman–Crippen LogP) is 4.60. The third kappa shape index (κ3) is 3.35. The number of halogens is 2. The lowest BCUT2D eigenvalue weighted by molar-refractivity contribution is -0.122. The number of carbonyl (C=O) groups is 2. The summed E-state index contributed by atoms with van der Waals surface area (Å²) in [5.74, 6) is -0.822. The molecule has 156 valence electrons. The highest BCUT2D eigenvalue weighted by molar-refractivity contribution is 9.10. The number of H-pyrrole nitrogens is 1. The number of aliphatic hydroxyl groups excluding tert-OH is 1. The molecule has 2 amide bonds. The molecular formula is C23H17Br2N3O3. The summed E-state index contributed by atoms with van der Waals surface area (Å²) < 4.78 is 3.78. The first-order chi connectivity index (χ1) is 15.0. The van der Waals surface area contributed by atoms with Gasteiger partial charge in [-0.2, -0.15) is 0 Å². The Kier molecular flexibility index (Phi) is 5.08. The Hall–Kier alpha value is -2.68. The number of fused-ring (bicyclic) bond motifs is 2. The van der Waals surface area contributed by atoms with Gasteiger partial charge in [-0.1, -0.05) is 31.9 Å². The van der Waals surface area contributed by atoms with E-state index in [0.29, 0.717) is 35.2 Å². The third-order valence-corrected chi connectivity index (χ3v) is 6.50. The Morgan fingerprint density at radius 1 is 0.903 bits per heavy atom. The molecule has 6 nitrogen and oxygen atoms in total. The maximum Gasteiger partial charge on any atom is 0.259 e. The monoisotopic (exact) mass is 541 g/mol. The molecule has 0 radical (unpaired) electrons. The number of hydrogen-bond donors (Lipinski definition) is 3. The molecule has 2 aromatic carbocycles. The second-order valence-corrected chi connectivity index (χ2v) is 9.23. The van der Waals surface area contributed by atoms with Crippen LogP contribution in [0, 0.1) is 0 Å². The Morgan fingerprint density at radius 2 is 1.58 bits per heavy atom. The number of imide groups is 1. The van der Waals surface area contributed by atoms with Gasteiger partial charge < -0.3 is 14.7 Å². The molecule has 1 aliphatic rings. The van der Waals surface area contributed by atoms with Crippen LogP contribution in [0.1, 0.15) is 17.5 Å². The van der Waals surface area contributed by atoms with Crippen molar-refractivity contribution in [1.82, 2.24) is 14.9 Å². The van der Waals surface area contributed by atoms with Gasteiger partial charge in [-0.3, -0.25) is 14.9 Å². The lowest BCUT2D eigenvalue weighted by Crippen LogP contribution is -2.22. The van der Waals surface area contributed by atoms with E-state index in [1.165, 1.54) is 0 Å². The van der Waals surface area contributed by atoms with Crippen LogP contribution in [-0.4, -0.2) is 33.1 Å². The lowest BCUT2D eigenvalue weighted by atomic mass is 9.95. The summed E-state index contributed by atoms with van der Waals surface area (Å²) in [7, 11) is 0. The van der Waals surface area contributed by atoms with E-state index in [1.807, 2.05) is 47.2 Å². The normalized spacial score (nSPS) is 14.3. The van der Waals surface area contributed by atoms with Crippen molar-refractivity contribution in [2.24, 2.45) is 0 Å². The molecule has 0 fully saturated rings. The van der Waals surface area contributed by atoms with Crippen LogP contribution in [0.4, 0.5) is 0 Å². The van der Waals surface area contributed by atoms with E-state index in [4.69, 9.17) is 0 Å². The summed E-state index contributed by atoms with van der Waals surface area (Å²) in [5, 5.41) is 13.5. The highest BCUT2D eigenvalue weighted by atomic mass is 79.9. The predicted molar refractivity (Wildman–Crippen MR) is 127 cm³/mol. The summed E-state index contributed by atoms with van der Waals surface area (Å²) in [6, 6.07) is 11.6. The molecular weight excluding hydrogens is 526 g/mol. The molecule has 5 rings (SSSR count). The van der Waals surface area contributed by atoms with Gasteiger partial charge in [0, 0.05) is 67.4 Å². The standard InChI is InChI=1S/C23H17Br2N3O3/c24-12-2-4-18-14(8-12)16(10-26-18)20-21(23(31)27-22(20)30)17-11-28(6-1-7-29)19-5-3-13(25)9-15(17)19/h2-5,8-11,26,29H,1,6-7H2,(H,27,30,31). The van der Waals surface area contributed by atoms with Crippen LogP contribution in [0.5, 0.6) is 0 Å². The van der Waals surface area contributed by atoms with Crippen molar-refractivity contribution in [3.8, 4) is 0 Å². The van der Waals surface area contributed by atoms with Crippen LogP contribution in [0.2, 0.25) is 0 Å². The van der Waals surface area contributed by atoms with Gasteiger partial charge in [0.25, 0.3) is 11.8 Å². The average molecular weight is 543 g/mol. The van der Waals surface area contributed by atoms with Crippen LogP contribution in [-0.2, 0) is 16.1 Å². The highest BCUT2D eigenvalue weighted by Crippen LogP contribution is 2.39. The largest absolute Gasteiger partial charge is 0.396 e. The molecule has 2 aromatic heterocycles. The number of aryl methyl sites for hydroxylation is 1. The molecule has 0 spiro atoms. The number of rotatable bonds is 5. The zero-order valence-corrected chi connectivity index (χ0v) is 19.4. The van der Waals surface area contributed by atoms with Crippen molar-refractivity contribution in [2.75, 3.05) is 6.61 Å².